The van der Waals surface area contributed by atoms with E-state index in [1.165, 1.54) is 0 Å². The van der Waals surface area contributed by atoms with Gasteiger partial charge in [-0.25, -0.2) is 13.1 Å². The van der Waals surface area contributed by atoms with Crippen molar-refractivity contribution in [3.63, 3.8) is 0 Å². The quantitative estimate of drug-likeness (QED) is 0.787. The lowest BCUT2D eigenvalue weighted by atomic mass is 9.84. The highest BCUT2D eigenvalue weighted by Crippen LogP contribution is 2.41. The summed E-state index contributed by atoms with van der Waals surface area (Å²) in [4.78, 5) is 30.6. The molecule has 4 rings (SSSR count). The van der Waals surface area contributed by atoms with E-state index < -0.39 is 16.1 Å². The zero-order valence-electron chi connectivity index (χ0n) is 17.5. The SMILES string of the molecule is CS(=O)(=O)NC1CCCN(C(=O)C2CC3CCCCC3N2C(=O)c2ccccc2)C1. The fraction of sp³-hybridized carbons (Fsp3) is 0.636. The van der Waals surface area contributed by atoms with E-state index in [1.54, 1.807) is 4.90 Å². The van der Waals surface area contributed by atoms with Crippen LogP contribution >= 0.6 is 0 Å². The van der Waals surface area contributed by atoms with Crippen molar-refractivity contribution in [1.29, 1.82) is 0 Å². The van der Waals surface area contributed by atoms with Gasteiger partial charge in [0.2, 0.25) is 15.9 Å². The Morgan fingerprint density at radius 3 is 2.50 bits per heavy atom. The van der Waals surface area contributed by atoms with Crippen LogP contribution in [0.25, 0.3) is 0 Å². The topological polar surface area (TPSA) is 86.8 Å². The summed E-state index contributed by atoms with van der Waals surface area (Å²) < 4.78 is 25.9. The Balaban J connectivity index is 1.55. The first-order valence-electron chi connectivity index (χ1n) is 11.0. The van der Waals surface area contributed by atoms with Crippen molar-refractivity contribution in [2.75, 3.05) is 19.3 Å². The Morgan fingerprint density at radius 2 is 1.77 bits per heavy atom. The number of sulfonamides is 1. The maximum Gasteiger partial charge on any atom is 0.254 e. The van der Waals surface area contributed by atoms with Crippen molar-refractivity contribution in [1.82, 2.24) is 14.5 Å². The number of carbonyl (C=O) groups is 2. The van der Waals surface area contributed by atoms with Gasteiger partial charge in [-0.3, -0.25) is 9.59 Å². The molecule has 1 aromatic carbocycles. The number of rotatable bonds is 4. The van der Waals surface area contributed by atoms with Crippen LogP contribution in [0, 0.1) is 5.92 Å². The van der Waals surface area contributed by atoms with E-state index in [2.05, 4.69) is 4.72 Å². The predicted molar refractivity (Wildman–Crippen MR) is 114 cm³/mol. The van der Waals surface area contributed by atoms with Gasteiger partial charge in [0, 0.05) is 30.7 Å². The minimum absolute atomic E-state index is 0.0336. The molecule has 0 bridgehead atoms. The van der Waals surface area contributed by atoms with Crippen LogP contribution in [0.3, 0.4) is 0 Å². The Bertz CT molecular complexity index is 889. The fourth-order valence-corrected chi connectivity index (χ4v) is 6.29. The average Bonchev–Trinajstić information content (AvgIpc) is 3.12. The van der Waals surface area contributed by atoms with Crippen molar-refractivity contribution in [3.8, 4) is 0 Å². The number of nitrogens with zero attached hydrogens (tertiary/aromatic N) is 2. The van der Waals surface area contributed by atoms with Gasteiger partial charge >= 0.3 is 0 Å². The lowest BCUT2D eigenvalue weighted by molar-refractivity contribution is -0.137. The van der Waals surface area contributed by atoms with Crippen LogP contribution in [0.4, 0.5) is 0 Å². The molecule has 1 N–H and O–H groups in total. The zero-order chi connectivity index (χ0) is 21.3. The summed E-state index contributed by atoms with van der Waals surface area (Å²) in [5.41, 5.74) is 0.622. The van der Waals surface area contributed by atoms with Gasteiger partial charge in [-0.2, -0.15) is 0 Å². The molecule has 1 aromatic rings. The van der Waals surface area contributed by atoms with E-state index in [9.17, 15) is 18.0 Å². The lowest BCUT2D eigenvalue weighted by Crippen LogP contribution is -2.55. The van der Waals surface area contributed by atoms with Crippen LogP contribution in [0.5, 0.6) is 0 Å². The summed E-state index contributed by atoms with van der Waals surface area (Å²) in [5, 5.41) is 0. The third-order valence-corrected chi connectivity index (χ3v) is 7.50. The van der Waals surface area contributed by atoms with Crippen molar-refractivity contribution in [2.24, 2.45) is 5.92 Å². The number of hydrogen-bond acceptors (Lipinski definition) is 4. The third-order valence-electron chi connectivity index (χ3n) is 6.74. The van der Waals surface area contributed by atoms with Crippen molar-refractivity contribution in [3.05, 3.63) is 35.9 Å². The first kappa shape index (κ1) is 21.3. The van der Waals surface area contributed by atoms with Crippen molar-refractivity contribution in [2.45, 2.75) is 63.1 Å². The summed E-state index contributed by atoms with van der Waals surface area (Å²) in [6, 6.07) is 8.61. The summed E-state index contributed by atoms with van der Waals surface area (Å²) in [6.07, 6.45) is 7.59. The first-order chi connectivity index (χ1) is 14.3. The number of carbonyl (C=O) groups excluding carboxylic acids is 2. The van der Waals surface area contributed by atoms with E-state index in [0.29, 0.717) is 31.0 Å². The predicted octanol–water partition coefficient (Wildman–Crippen LogP) is 2.00. The lowest BCUT2D eigenvalue weighted by Gasteiger charge is -2.38. The summed E-state index contributed by atoms with van der Waals surface area (Å²) >= 11 is 0. The number of benzene rings is 1. The second-order valence-electron chi connectivity index (χ2n) is 8.96. The number of hydrogen-bond donors (Lipinski definition) is 1. The maximum atomic E-state index is 13.6. The molecule has 3 fully saturated rings. The molecule has 4 unspecified atom stereocenters. The zero-order valence-corrected chi connectivity index (χ0v) is 18.3. The molecule has 7 nitrogen and oxygen atoms in total. The molecule has 0 radical (unpaired) electrons. The normalized spacial score (nSPS) is 29.5. The van der Waals surface area contributed by atoms with Gasteiger partial charge < -0.3 is 9.80 Å². The molecular formula is C22H31N3O4S. The standard InChI is InChI=1S/C22H31N3O4S/c1-30(28,29)23-18-11-7-13-24(15-18)22(27)20-14-17-10-5-6-12-19(17)25(20)21(26)16-8-3-2-4-9-16/h2-4,8-9,17-20,23H,5-7,10-15H2,1H3. The number of fused-ring (bicyclic) bond motifs is 1. The molecule has 2 aliphatic heterocycles. The second-order valence-corrected chi connectivity index (χ2v) is 10.7. The highest BCUT2D eigenvalue weighted by molar-refractivity contribution is 7.88. The molecule has 1 aliphatic carbocycles. The molecule has 2 saturated heterocycles. The fourth-order valence-electron chi connectivity index (χ4n) is 5.49. The van der Waals surface area contributed by atoms with Crippen LogP contribution in [-0.4, -0.2) is 67.5 Å². The Kier molecular flexibility index (Phi) is 6.16. The van der Waals surface area contributed by atoms with Gasteiger partial charge in [0.05, 0.1) is 6.26 Å². The van der Waals surface area contributed by atoms with E-state index >= 15 is 0 Å². The molecule has 164 valence electrons. The summed E-state index contributed by atoms with van der Waals surface area (Å²) in [7, 11) is -3.32. The van der Waals surface area contributed by atoms with Crippen LogP contribution in [-0.2, 0) is 14.8 Å². The van der Waals surface area contributed by atoms with Crippen LogP contribution in [0.15, 0.2) is 30.3 Å². The van der Waals surface area contributed by atoms with Crippen molar-refractivity contribution >= 4 is 21.8 Å². The number of nitrogens with one attached hydrogen (secondary N) is 1. The molecular weight excluding hydrogens is 402 g/mol. The van der Waals surface area contributed by atoms with Gasteiger partial charge in [0.25, 0.3) is 5.91 Å². The smallest absolute Gasteiger partial charge is 0.254 e. The molecule has 30 heavy (non-hydrogen) atoms. The molecule has 2 heterocycles. The van der Waals surface area contributed by atoms with Gasteiger partial charge in [-0.1, -0.05) is 31.0 Å². The molecule has 0 spiro atoms. The highest BCUT2D eigenvalue weighted by Gasteiger charge is 2.48. The Morgan fingerprint density at radius 1 is 1.03 bits per heavy atom. The summed E-state index contributed by atoms with van der Waals surface area (Å²) in [5.74, 6) is 0.273. The first-order valence-corrected chi connectivity index (χ1v) is 12.9. The number of likely N-dealkylation sites (tertiary alicyclic amines) is 2. The highest BCUT2D eigenvalue weighted by atomic mass is 32.2. The number of piperidine rings is 1. The molecule has 1 saturated carbocycles. The average molecular weight is 434 g/mol. The van der Waals surface area contributed by atoms with Crippen LogP contribution in [0.2, 0.25) is 0 Å². The molecule has 0 aromatic heterocycles. The minimum atomic E-state index is -3.32. The molecule has 3 aliphatic rings. The van der Waals surface area contributed by atoms with Gasteiger partial charge in [0.1, 0.15) is 6.04 Å². The van der Waals surface area contributed by atoms with Gasteiger partial charge in [-0.05, 0) is 50.2 Å². The third kappa shape index (κ3) is 4.54. The minimum Gasteiger partial charge on any atom is -0.339 e. The van der Waals surface area contributed by atoms with E-state index in [4.69, 9.17) is 0 Å². The largest absolute Gasteiger partial charge is 0.339 e. The van der Waals surface area contributed by atoms with Gasteiger partial charge in [-0.15, -0.1) is 0 Å². The molecule has 4 atom stereocenters. The monoisotopic (exact) mass is 433 g/mol. The van der Waals surface area contributed by atoms with E-state index in [-0.39, 0.29) is 23.9 Å². The van der Waals surface area contributed by atoms with E-state index in [1.807, 2.05) is 35.2 Å². The van der Waals surface area contributed by atoms with Crippen molar-refractivity contribution < 1.29 is 18.0 Å². The Hall–Kier alpha value is -1.93. The second kappa shape index (κ2) is 8.67. The van der Waals surface area contributed by atoms with Gasteiger partial charge in [0.15, 0.2) is 0 Å². The molecule has 2 amide bonds. The number of amides is 2. The molecule has 8 heteroatoms. The van der Waals surface area contributed by atoms with E-state index in [0.717, 1.165) is 44.8 Å². The Labute approximate surface area is 178 Å². The summed E-state index contributed by atoms with van der Waals surface area (Å²) in [6.45, 7) is 0.977. The maximum absolute atomic E-state index is 13.6. The van der Waals surface area contributed by atoms with Crippen LogP contribution < -0.4 is 4.72 Å². The van der Waals surface area contributed by atoms with Crippen LogP contribution in [0.1, 0.15) is 55.3 Å².